The Morgan fingerprint density at radius 1 is 1.33 bits per heavy atom. The molecule has 15 heavy (non-hydrogen) atoms. The molecule has 0 aliphatic heterocycles. The summed E-state index contributed by atoms with van der Waals surface area (Å²) in [4.78, 5) is 0. The molecule has 0 aliphatic rings. The van der Waals surface area contributed by atoms with Crippen molar-refractivity contribution in [2.75, 3.05) is 6.61 Å². The van der Waals surface area contributed by atoms with Crippen LogP contribution in [0.25, 0.3) is 0 Å². The highest BCUT2D eigenvalue weighted by atomic mass is 19.3. The second-order valence-electron chi connectivity index (χ2n) is 2.75. The predicted octanol–water partition coefficient (Wildman–Crippen LogP) is 2.18. The van der Waals surface area contributed by atoms with E-state index in [2.05, 4.69) is 4.74 Å². The lowest BCUT2D eigenvalue weighted by molar-refractivity contribution is -0.0514. The number of hydrogen-bond acceptors (Lipinski definition) is 3. The van der Waals surface area contributed by atoms with Crippen LogP contribution in [-0.2, 0) is 6.61 Å². The molecule has 0 heterocycles. The molecule has 84 valence electrons. The SMILES string of the molecule is CCOc1cc(CO)ccc1OC(F)F. The first-order chi connectivity index (χ1) is 7.17. The highest BCUT2D eigenvalue weighted by Gasteiger charge is 2.10. The number of ether oxygens (including phenoxy) is 2. The van der Waals surface area contributed by atoms with Crippen LogP contribution in [-0.4, -0.2) is 18.3 Å². The largest absolute Gasteiger partial charge is 0.490 e. The summed E-state index contributed by atoms with van der Waals surface area (Å²) in [5, 5.41) is 8.86. The average Bonchev–Trinajstić information content (AvgIpc) is 2.20. The summed E-state index contributed by atoms with van der Waals surface area (Å²) in [5.74, 6) is 0.188. The number of benzene rings is 1. The summed E-state index contributed by atoms with van der Waals surface area (Å²) in [6.45, 7) is -0.981. The fraction of sp³-hybridized carbons (Fsp3) is 0.400. The monoisotopic (exact) mass is 218 g/mol. The van der Waals surface area contributed by atoms with Crippen molar-refractivity contribution in [3.63, 3.8) is 0 Å². The van der Waals surface area contributed by atoms with Gasteiger partial charge >= 0.3 is 6.61 Å². The topological polar surface area (TPSA) is 38.7 Å². The van der Waals surface area contributed by atoms with Crippen molar-refractivity contribution in [3.8, 4) is 11.5 Å². The molecular weight excluding hydrogens is 206 g/mol. The van der Waals surface area contributed by atoms with Crippen LogP contribution in [0, 0.1) is 0 Å². The number of aliphatic hydroxyl groups is 1. The van der Waals surface area contributed by atoms with Crippen LogP contribution in [0.1, 0.15) is 12.5 Å². The molecule has 0 spiro atoms. The van der Waals surface area contributed by atoms with Crippen molar-refractivity contribution in [3.05, 3.63) is 23.8 Å². The first-order valence-corrected chi connectivity index (χ1v) is 4.48. The van der Waals surface area contributed by atoms with Gasteiger partial charge in [0.1, 0.15) is 0 Å². The minimum Gasteiger partial charge on any atom is -0.490 e. The van der Waals surface area contributed by atoms with Crippen molar-refractivity contribution in [1.29, 1.82) is 0 Å². The highest BCUT2D eigenvalue weighted by Crippen LogP contribution is 2.29. The van der Waals surface area contributed by atoms with Gasteiger partial charge in [-0.25, -0.2) is 0 Å². The van der Waals surface area contributed by atoms with Crippen molar-refractivity contribution in [1.82, 2.24) is 0 Å². The Morgan fingerprint density at radius 3 is 2.60 bits per heavy atom. The third kappa shape index (κ3) is 3.36. The smallest absolute Gasteiger partial charge is 0.387 e. The van der Waals surface area contributed by atoms with E-state index < -0.39 is 6.61 Å². The molecule has 0 atom stereocenters. The van der Waals surface area contributed by atoms with E-state index in [9.17, 15) is 8.78 Å². The minimum absolute atomic E-state index is 0.0240. The van der Waals surface area contributed by atoms with E-state index in [0.717, 1.165) is 0 Å². The van der Waals surface area contributed by atoms with Gasteiger partial charge in [-0.1, -0.05) is 6.07 Å². The summed E-state index contributed by atoms with van der Waals surface area (Å²) in [6, 6.07) is 4.32. The third-order valence-electron chi connectivity index (χ3n) is 1.71. The molecule has 0 aliphatic carbocycles. The lowest BCUT2D eigenvalue weighted by Crippen LogP contribution is -2.05. The molecule has 0 bridgehead atoms. The van der Waals surface area contributed by atoms with Gasteiger partial charge in [-0.2, -0.15) is 8.78 Å². The van der Waals surface area contributed by atoms with Gasteiger partial charge in [0.15, 0.2) is 11.5 Å². The summed E-state index contributed by atoms with van der Waals surface area (Å²) in [5.41, 5.74) is 0.583. The molecule has 0 saturated carbocycles. The molecule has 1 aromatic carbocycles. The standard InChI is InChI=1S/C10H12F2O3/c1-2-14-9-5-7(6-13)3-4-8(9)15-10(11)12/h3-5,10,13H,2,6H2,1H3. The Bertz CT molecular complexity index is 316. The Morgan fingerprint density at radius 2 is 2.07 bits per heavy atom. The fourth-order valence-electron chi connectivity index (χ4n) is 1.11. The van der Waals surface area contributed by atoms with Gasteiger partial charge in [0.2, 0.25) is 0 Å². The highest BCUT2D eigenvalue weighted by molar-refractivity contribution is 5.42. The summed E-state index contributed by atoms with van der Waals surface area (Å²) in [7, 11) is 0. The quantitative estimate of drug-likeness (QED) is 0.823. The van der Waals surface area contributed by atoms with Gasteiger partial charge in [-0.05, 0) is 24.6 Å². The van der Waals surface area contributed by atoms with Gasteiger partial charge in [0.25, 0.3) is 0 Å². The van der Waals surface area contributed by atoms with Gasteiger partial charge in [0.05, 0.1) is 13.2 Å². The summed E-state index contributed by atoms with van der Waals surface area (Å²) < 4.78 is 33.4. The lowest BCUT2D eigenvalue weighted by Gasteiger charge is -2.11. The second kappa shape index (κ2) is 5.50. The Hall–Kier alpha value is -1.36. The van der Waals surface area contributed by atoms with E-state index in [1.165, 1.54) is 18.2 Å². The zero-order valence-corrected chi connectivity index (χ0v) is 8.24. The van der Waals surface area contributed by atoms with E-state index in [-0.39, 0.29) is 18.1 Å². The number of halogens is 2. The van der Waals surface area contributed by atoms with Crippen LogP contribution in [0.3, 0.4) is 0 Å². The first-order valence-electron chi connectivity index (χ1n) is 4.48. The third-order valence-corrected chi connectivity index (χ3v) is 1.71. The zero-order chi connectivity index (χ0) is 11.3. The maximum Gasteiger partial charge on any atom is 0.387 e. The Labute approximate surface area is 86.2 Å². The maximum atomic E-state index is 12.0. The maximum absolute atomic E-state index is 12.0. The molecule has 1 aromatic rings. The minimum atomic E-state index is -2.89. The molecule has 3 nitrogen and oxygen atoms in total. The second-order valence-corrected chi connectivity index (χ2v) is 2.75. The molecule has 0 fully saturated rings. The normalized spacial score (nSPS) is 10.5. The lowest BCUT2D eigenvalue weighted by atomic mass is 10.2. The Balaban J connectivity index is 2.92. The van der Waals surface area contributed by atoms with Crippen LogP contribution in [0.2, 0.25) is 0 Å². The number of hydrogen-bond donors (Lipinski definition) is 1. The van der Waals surface area contributed by atoms with Gasteiger partial charge in [0, 0.05) is 0 Å². The molecule has 5 heteroatoms. The number of aliphatic hydroxyl groups excluding tert-OH is 1. The average molecular weight is 218 g/mol. The van der Waals surface area contributed by atoms with Crippen LogP contribution < -0.4 is 9.47 Å². The van der Waals surface area contributed by atoms with E-state index >= 15 is 0 Å². The van der Waals surface area contributed by atoms with E-state index in [4.69, 9.17) is 9.84 Å². The Kier molecular flexibility index (Phi) is 4.30. The van der Waals surface area contributed by atoms with Crippen LogP contribution in [0.15, 0.2) is 18.2 Å². The van der Waals surface area contributed by atoms with Crippen molar-refractivity contribution in [2.24, 2.45) is 0 Å². The van der Waals surface area contributed by atoms with Crippen LogP contribution in [0.4, 0.5) is 8.78 Å². The summed E-state index contributed by atoms with van der Waals surface area (Å²) >= 11 is 0. The predicted molar refractivity (Wildman–Crippen MR) is 50.2 cm³/mol. The van der Waals surface area contributed by atoms with Gasteiger partial charge in [-0.3, -0.25) is 0 Å². The van der Waals surface area contributed by atoms with E-state index in [1.807, 2.05) is 0 Å². The van der Waals surface area contributed by atoms with Crippen molar-refractivity contribution < 1.29 is 23.4 Å². The molecule has 0 radical (unpaired) electrons. The van der Waals surface area contributed by atoms with Gasteiger partial charge < -0.3 is 14.6 Å². The van der Waals surface area contributed by atoms with Crippen LogP contribution >= 0.6 is 0 Å². The molecule has 0 saturated heterocycles. The molecule has 1 N–H and O–H groups in total. The summed E-state index contributed by atoms with van der Waals surface area (Å²) in [6.07, 6.45) is 0. The fourth-order valence-corrected chi connectivity index (χ4v) is 1.11. The number of alkyl halides is 2. The molecule has 0 unspecified atom stereocenters. The van der Waals surface area contributed by atoms with E-state index in [0.29, 0.717) is 12.2 Å². The zero-order valence-electron chi connectivity index (χ0n) is 8.24. The first kappa shape index (κ1) is 11.7. The van der Waals surface area contributed by atoms with E-state index in [1.54, 1.807) is 6.92 Å². The molecule has 1 rings (SSSR count). The molecular formula is C10H12F2O3. The van der Waals surface area contributed by atoms with Crippen molar-refractivity contribution in [2.45, 2.75) is 20.1 Å². The molecule has 0 amide bonds. The molecule has 0 aromatic heterocycles. The number of rotatable bonds is 5. The van der Waals surface area contributed by atoms with Gasteiger partial charge in [-0.15, -0.1) is 0 Å². The van der Waals surface area contributed by atoms with Crippen molar-refractivity contribution >= 4 is 0 Å². The van der Waals surface area contributed by atoms with Crippen LogP contribution in [0.5, 0.6) is 11.5 Å².